The third kappa shape index (κ3) is 2.32. The lowest BCUT2D eigenvalue weighted by atomic mass is 10.1. The van der Waals surface area contributed by atoms with Crippen LogP contribution in [0, 0.1) is 13.8 Å². The van der Waals surface area contributed by atoms with Crippen LogP contribution in [0.2, 0.25) is 0 Å². The average molecular weight is 385 g/mol. The molecule has 0 aliphatic rings. The van der Waals surface area contributed by atoms with Crippen LogP contribution < -0.4 is 0 Å². The molecule has 2 heterocycles. The second kappa shape index (κ2) is 5.46. The lowest BCUT2D eigenvalue weighted by Crippen LogP contribution is -1.92. The van der Waals surface area contributed by atoms with Crippen LogP contribution in [0.1, 0.15) is 23.7 Å². The van der Waals surface area contributed by atoms with Gasteiger partial charge in [-0.15, -0.1) is 0 Å². The van der Waals surface area contributed by atoms with Crippen molar-refractivity contribution in [3.63, 3.8) is 0 Å². The van der Waals surface area contributed by atoms with Gasteiger partial charge in [-0.25, -0.2) is 4.98 Å². The van der Waals surface area contributed by atoms with Crippen molar-refractivity contribution in [2.24, 2.45) is 0 Å². The van der Waals surface area contributed by atoms with Crippen molar-refractivity contribution < 1.29 is 0 Å². The lowest BCUT2D eigenvalue weighted by molar-refractivity contribution is 1.03. The largest absolute Gasteiger partial charge is 0.287 e. The van der Waals surface area contributed by atoms with Crippen molar-refractivity contribution in [2.75, 3.05) is 0 Å². The fraction of sp³-hybridized carbons (Fsp3) is 0.211. The van der Waals surface area contributed by atoms with Crippen LogP contribution >= 0.6 is 27.3 Å². The predicted octanol–water partition coefficient (Wildman–Crippen LogP) is 6.16. The molecule has 0 saturated heterocycles. The van der Waals surface area contributed by atoms with Gasteiger partial charge in [0, 0.05) is 10.0 Å². The Morgan fingerprint density at radius 2 is 1.78 bits per heavy atom. The molecule has 0 bridgehead atoms. The molecule has 4 rings (SSSR count). The molecule has 0 unspecified atom stereocenters. The molecule has 0 aliphatic heterocycles. The van der Waals surface area contributed by atoms with Crippen molar-refractivity contribution in [2.45, 2.75) is 27.2 Å². The van der Waals surface area contributed by atoms with Gasteiger partial charge in [-0.2, -0.15) is 0 Å². The summed E-state index contributed by atoms with van der Waals surface area (Å²) in [5.41, 5.74) is 7.52. The molecular formula is C19H17BrN2S. The first-order valence-corrected chi connectivity index (χ1v) is 9.36. The Balaban J connectivity index is 2.04. The van der Waals surface area contributed by atoms with E-state index < -0.39 is 0 Å². The number of hydrogen-bond acceptors (Lipinski definition) is 2. The molecule has 0 atom stereocenters. The summed E-state index contributed by atoms with van der Waals surface area (Å²) in [6.07, 6.45) is 0.964. The normalized spacial score (nSPS) is 11.7. The first-order valence-electron chi connectivity index (χ1n) is 7.75. The molecule has 116 valence electrons. The summed E-state index contributed by atoms with van der Waals surface area (Å²) >= 11 is 5.28. The molecular weight excluding hydrogens is 368 g/mol. The Morgan fingerprint density at radius 3 is 2.48 bits per heavy atom. The highest BCUT2D eigenvalue weighted by molar-refractivity contribution is 9.10. The standard InChI is InChI=1S/C19H17BrN2S/c1-4-15-18(13-5-7-14(20)8-6-13)21-19-22(15)16-9-11(2)12(3)10-17(16)23-19/h5-10H,4H2,1-3H3. The van der Waals surface area contributed by atoms with Crippen LogP contribution in [-0.2, 0) is 6.42 Å². The second-order valence-electron chi connectivity index (χ2n) is 5.89. The van der Waals surface area contributed by atoms with E-state index >= 15 is 0 Å². The smallest absolute Gasteiger partial charge is 0.195 e. The van der Waals surface area contributed by atoms with Gasteiger partial charge in [0.05, 0.1) is 21.6 Å². The summed E-state index contributed by atoms with van der Waals surface area (Å²) in [6, 6.07) is 13.0. The molecule has 0 aliphatic carbocycles. The molecule has 0 radical (unpaired) electrons. The van der Waals surface area contributed by atoms with E-state index in [9.17, 15) is 0 Å². The maximum Gasteiger partial charge on any atom is 0.195 e. The molecule has 0 spiro atoms. The Morgan fingerprint density at radius 1 is 1.09 bits per heavy atom. The van der Waals surface area contributed by atoms with Crippen LogP contribution in [-0.4, -0.2) is 9.38 Å². The zero-order valence-corrected chi connectivity index (χ0v) is 15.8. The average Bonchev–Trinajstić information content (AvgIpc) is 3.04. The second-order valence-corrected chi connectivity index (χ2v) is 7.82. The van der Waals surface area contributed by atoms with Crippen molar-refractivity contribution in [1.29, 1.82) is 0 Å². The summed E-state index contributed by atoms with van der Waals surface area (Å²) in [7, 11) is 0. The summed E-state index contributed by atoms with van der Waals surface area (Å²) in [5, 5.41) is 0. The number of halogens is 1. The van der Waals surface area contributed by atoms with Crippen LogP contribution in [0.4, 0.5) is 0 Å². The van der Waals surface area contributed by atoms with Gasteiger partial charge in [-0.1, -0.05) is 46.3 Å². The quantitative estimate of drug-likeness (QED) is 0.404. The van der Waals surface area contributed by atoms with Crippen LogP contribution in [0.5, 0.6) is 0 Å². The molecule has 0 amide bonds. The lowest BCUT2D eigenvalue weighted by Gasteiger charge is -2.05. The highest BCUT2D eigenvalue weighted by Crippen LogP contribution is 2.34. The highest BCUT2D eigenvalue weighted by Gasteiger charge is 2.17. The number of nitrogens with zero attached hydrogens (tertiary/aromatic N) is 2. The predicted molar refractivity (Wildman–Crippen MR) is 103 cm³/mol. The maximum absolute atomic E-state index is 4.95. The number of benzene rings is 2. The fourth-order valence-corrected chi connectivity index (χ4v) is 4.43. The molecule has 2 nitrogen and oxygen atoms in total. The van der Waals surface area contributed by atoms with E-state index in [-0.39, 0.29) is 0 Å². The Hall–Kier alpha value is -1.65. The van der Waals surface area contributed by atoms with E-state index in [0.29, 0.717) is 0 Å². The van der Waals surface area contributed by atoms with Gasteiger partial charge in [-0.3, -0.25) is 4.40 Å². The topological polar surface area (TPSA) is 17.3 Å². The van der Waals surface area contributed by atoms with Gasteiger partial charge in [0.15, 0.2) is 4.96 Å². The van der Waals surface area contributed by atoms with E-state index in [4.69, 9.17) is 4.98 Å². The Labute approximate surface area is 147 Å². The number of fused-ring (bicyclic) bond motifs is 3. The number of aromatic nitrogens is 2. The number of imidazole rings is 1. The molecule has 2 aromatic heterocycles. The number of hydrogen-bond donors (Lipinski definition) is 0. The zero-order valence-electron chi connectivity index (χ0n) is 13.4. The van der Waals surface area contributed by atoms with Crippen molar-refractivity contribution in [3.8, 4) is 11.3 Å². The minimum Gasteiger partial charge on any atom is -0.287 e. The first-order chi connectivity index (χ1) is 11.1. The molecule has 0 N–H and O–H groups in total. The summed E-state index contributed by atoms with van der Waals surface area (Å²) < 4.78 is 4.74. The number of aryl methyl sites for hydroxylation is 3. The summed E-state index contributed by atoms with van der Waals surface area (Å²) in [6.45, 7) is 6.55. The zero-order chi connectivity index (χ0) is 16.1. The monoisotopic (exact) mass is 384 g/mol. The van der Waals surface area contributed by atoms with Crippen LogP contribution in [0.15, 0.2) is 40.9 Å². The van der Waals surface area contributed by atoms with E-state index in [0.717, 1.165) is 21.5 Å². The molecule has 4 heteroatoms. The van der Waals surface area contributed by atoms with Gasteiger partial charge in [0.25, 0.3) is 0 Å². The molecule has 0 fully saturated rings. The van der Waals surface area contributed by atoms with Gasteiger partial charge in [0.2, 0.25) is 0 Å². The third-order valence-corrected chi connectivity index (χ3v) is 5.94. The Bertz CT molecular complexity index is 1030. The minimum atomic E-state index is 0.964. The van der Waals surface area contributed by atoms with Gasteiger partial charge >= 0.3 is 0 Å². The molecule has 4 aromatic rings. The van der Waals surface area contributed by atoms with Crippen molar-refractivity contribution >= 4 is 42.4 Å². The minimum absolute atomic E-state index is 0.964. The summed E-state index contributed by atoms with van der Waals surface area (Å²) in [5.74, 6) is 0. The van der Waals surface area contributed by atoms with E-state index in [1.54, 1.807) is 11.3 Å². The van der Waals surface area contributed by atoms with E-state index in [1.807, 2.05) is 0 Å². The van der Waals surface area contributed by atoms with Crippen LogP contribution in [0.25, 0.3) is 26.4 Å². The molecule has 0 saturated carbocycles. The van der Waals surface area contributed by atoms with Crippen molar-refractivity contribution in [3.05, 3.63) is 57.7 Å². The fourth-order valence-electron chi connectivity index (χ4n) is 3.04. The Kier molecular flexibility index (Phi) is 3.54. The van der Waals surface area contributed by atoms with Gasteiger partial charge in [0.1, 0.15) is 0 Å². The SMILES string of the molecule is CCc1c(-c2ccc(Br)cc2)nc2sc3cc(C)c(C)cc3n12. The van der Waals surface area contributed by atoms with Gasteiger partial charge in [-0.05, 0) is 55.7 Å². The highest BCUT2D eigenvalue weighted by atomic mass is 79.9. The van der Waals surface area contributed by atoms with E-state index in [2.05, 4.69) is 77.5 Å². The maximum atomic E-state index is 4.95. The number of rotatable bonds is 2. The van der Waals surface area contributed by atoms with E-state index in [1.165, 1.54) is 32.6 Å². The third-order valence-electron chi connectivity index (χ3n) is 4.41. The van der Waals surface area contributed by atoms with Crippen molar-refractivity contribution in [1.82, 2.24) is 9.38 Å². The van der Waals surface area contributed by atoms with Crippen LogP contribution in [0.3, 0.4) is 0 Å². The molecule has 2 aromatic carbocycles. The molecule has 23 heavy (non-hydrogen) atoms. The first kappa shape index (κ1) is 14.9. The van der Waals surface area contributed by atoms with Gasteiger partial charge < -0.3 is 0 Å². The summed E-state index contributed by atoms with van der Waals surface area (Å²) in [4.78, 5) is 6.03. The number of thiazole rings is 1.